The summed E-state index contributed by atoms with van der Waals surface area (Å²) in [6.07, 6.45) is -2.63. The maximum atomic E-state index is 13.2. The first kappa shape index (κ1) is 18.7. The van der Waals surface area contributed by atoms with Crippen molar-refractivity contribution in [2.45, 2.75) is 19.0 Å². The van der Waals surface area contributed by atoms with Crippen LogP contribution >= 0.6 is 15.9 Å². The molecule has 0 aliphatic carbocycles. The smallest absolute Gasteiger partial charge is 0.370 e. The predicted molar refractivity (Wildman–Crippen MR) is 94.9 cm³/mol. The largest absolute Gasteiger partial charge is 0.416 e. The van der Waals surface area contributed by atoms with Crippen LogP contribution in [-0.4, -0.2) is 19.0 Å². The van der Waals surface area contributed by atoms with Crippen molar-refractivity contribution < 1.29 is 22.4 Å². The Balaban J connectivity index is 1.96. The van der Waals surface area contributed by atoms with Crippen LogP contribution in [-0.2, 0) is 6.18 Å². The highest BCUT2D eigenvalue weighted by atomic mass is 79.9. The van der Waals surface area contributed by atoms with Gasteiger partial charge >= 0.3 is 6.18 Å². The van der Waals surface area contributed by atoms with Crippen LogP contribution in [0.5, 0.6) is 0 Å². The molecule has 1 aliphatic rings. The number of nitrogens with zero attached hydrogens (tertiary/aromatic N) is 1. The van der Waals surface area contributed by atoms with Crippen LogP contribution in [0.1, 0.15) is 28.8 Å². The van der Waals surface area contributed by atoms with E-state index in [0.717, 1.165) is 37.1 Å². The first-order chi connectivity index (χ1) is 12.3. The van der Waals surface area contributed by atoms with Crippen molar-refractivity contribution in [2.24, 2.45) is 0 Å². The van der Waals surface area contributed by atoms with E-state index in [-0.39, 0.29) is 15.7 Å². The van der Waals surface area contributed by atoms with E-state index in [4.69, 9.17) is 0 Å². The number of hydrogen-bond donors (Lipinski definition) is 1. The molecule has 2 aromatic rings. The lowest BCUT2D eigenvalue weighted by atomic mass is 10.1. The molecule has 8 heteroatoms. The molecule has 1 aliphatic heterocycles. The van der Waals surface area contributed by atoms with Gasteiger partial charge in [-0.1, -0.05) is 0 Å². The number of rotatable bonds is 3. The normalized spacial score (nSPS) is 14.6. The highest BCUT2D eigenvalue weighted by Crippen LogP contribution is 2.37. The third-order valence-electron chi connectivity index (χ3n) is 4.19. The van der Waals surface area contributed by atoms with Gasteiger partial charge in [-0.25, -0.2) is 4.39 Å². The molecular weight excluding hydrogens is 416 g/mol. The molecule has 0 bridgehead atoms. The maximum Gasteiger partial charge on any atom is 0.416 e. The van der Waals surface area contributed by atoms with Gasteiger partial charge in [0.25, 0.3) is 5.91 Å². The summed E-state index contributed by atoms with van der Waals surface area (Å²) in [4.78, 5) is 14.5. The van der Waals surface area contributed by atoms with Gasteiger partial charge in [-0.3, -0.25) is 4.79 Å². The summed E-state index contributed by atoms with van der Waals surface area (Å²) in [5, 5.41) is 2.54. The maximum absolute atomic E-state index is 13.2. The van der Waals surface area contributed by atoms with Crippen LogP contribution in [0, 0.1) is 5.82 Å². The molecule has 3 rings (SSSR count). The Hall–Kier alpha value is -2.09. The molecule has 0 unspecified atom stereocenters. The van der Waals surface area contributed by atoms with E-state index < -0.39 is 23.5 Å². The molecule has 0 radical (unpaired) electrons. The van der Waals surface area contributed by atoms with Gasteiger partial charge in [0.2, 0.25) is 0 Å². The van der Waals surface area contributed by atoms with E-state index in [1.807, 2.05) is 4.90 Å². The van der Waals surface area contributed by atoms with Crippen LogP contribution < -0.4 is 10.2 Å². The Kier molecular flexibility index (Phi) is 5.22. The second kappa shape index (κ2) is 7.26. The first-order valence-corrected chi connectivity index (χ1v) is 8.77. The van der Waals surface area contributed by atoms with E-state index in [9.17, 15) is 22.4 Å². The SMILES string of the molecule is O=C(Nc1cc(C(F)(F)F)ccc1N1CCCC1)c1ccc(F)cc1Br. The molecule has 1 amide bonds. The lowest BCUT2D eigenvalue weighted by Gasteiger charge is -2.23. The van der Waals surface area contributed by atoms with E-state index in [0.29, 0.717) is 18.8 Å². The molecule has 2 aromatic carbocycles. The van der Waals surface area contributed by atoms with Crippen molar-refractivity contribution in [1.29, 1.82) is 0 Å². The third kappa shape index (κ3) is 4.00. The van der Waals surface area contributed by atoms with Gasteiger partial charge in [-0.15, -0.1) is 0 Å². The quantitative estimate of drug-likeness (QED) is 0.655. The Morgan fingerprint density at radius 3 is 2.38 bits per heavy atom. The summed E-state index contributed by atoms with van der Waals surface area (Å²) in [5.74, 6) is -1.14. The summed E-state index contributed by atoms with van der Waals surface area (Å²) < 4.78 is 52.6. The van der Waals surface area contributed by atoms with Crippen LogP contribution in [0.4, 0.5) is 28.9 Å². The number of hydrogen-bond acceptors (Lipinski definition) is 2. The predicted octanol–water partition coefficient (Wildman–Crippen LogP) is 5.46. The Labute approximate surface area is 156 Å². The van der Waals surface area contributed by atoms with E-state index in [1.165, 1.54) is 12.1 Å². The highest BCUT2D eigenvalue weighted by Gasteiger charge is 2.32. The van der Waals surface area contributed by atoms with Gasteiger partial charge in [-0.05, 0) is 65.2 Å². The van der Waals surface area contributed by atoms with E-state index in [1.54, 1.807) is 0 Å². The second-order valence-electron chi connectivity index (χ2n) is 6.00. The fraction of sp³-hybridized carbons (Fsp3) is 0.278. The third-order valence-corrected chi connectivity index (χ3v) is 4.85. The van der Waals surface area contributed by atoms with Gasteiger partial charge < -0.3 is 10.2 Å². The molecule has 1 saturated heterocycles. The van der Waals surface area contributed by atoms with Crippen molar-refractivity contribution in [3.63, 3.8) is 0 Å². The van der Waals surface area contributed by atoms with Crippen molar-refractivity contribution in [3.8, 4) is 0 Å². The number of anilines is 2. The van der Waals surface area contributed by atoms with Crippen molar-refractivity contribution in [2.75, 3.05) is 23.3 Å². The topological polar surface area (TPSA) is 32.3 Å². The number of carbonyl (C=O) groups is 1. The highest BCUT2D eigenvalue weighted by molar-refractivity contribution is 9.10. The molecule has 1 N–H and O–H groups in total. The standard InChI is InChI=1S/C18H15BrF4N2O/c19-14-10-12(20)4-5-13(14)17(26)24-15-9-11(18(21,22)23)3-6-16(15)25-7-1-2-8-25/h3-6,9-10H,1-2,7-8H2,(H,24,26). The van der Waals surface area contributed by atoms with Crippen LogP contribution in [0.15, 0.2) is 40.9 Å². The fourth-order valence-electron chi connectivity index (χ4n) is 2.91. The minimum atomic E-state index is -4.51. The zero-order valence-electron chi connectivity index (χ0n) is 13.5. The van der Waals surface area contributed by atoms with Gasteiger partial charge in [0.15, 0.2) is 0 Å². The number of carbonyl (C=O) groups excluding carboxylic acids is 1. The summed E-state index contributed by atoms with van der Waals surface area (Å²) >= 11 is 3.10. The van der Waals surface area contributed by atoms with Crippen molar-refractivity contribution in [3.05, 3.63) is 57.8 Å². The molecule has 138 valence electrons. The van der Waals surface area contributed by atoms with Gasteiger partial charge in [0.1, 0.15) is 5.82 Å². The fourth-order valence-corrected chi connectivity index (χ4v) is 3.44. The minimum absolute atomic E-state index is 0.0861. The molecule has 26 heavy (non-hydrogen) atoms. The van der Waals surface area contributed by atoms with Crippen molar-refractivity contribution in [1.82, 2.24) is 0 Å². The minimum Gasteiger partial charge on any atom is -0.370 e. The van der Waals surface area contributed by atoms with Gasteiger partial charge in [0.05, 0.1) is 22.5 Å². The molecule has 0 spiro atoms. The number of alkyl halides is 3. The summed E-state index contributed by atoms with van der Waals surface area (Å²) in [7, 11) is 0. The Morgan fingerprint density at radius 2 is 1.77 bits per heavy atom. The average Bonchev–Trinajstić information content (AvgIpc) is 3.08. The lowest BCUT2D eigenvalue weighted by molar-refractivity contribution is -0.137. The summed E-state index contributed by atoms with van der Waals surface area (Å²) in [6, 6.07) is 6.84. The Bertz CT molecular complexity index is 832. The van der Waals surface area contributed by atoms with Crippen LogP contribution in [0.3, 0.4) is 0 Å². The number of benzene rings is 2. The average molecular weight is 431 g/mol. The molecule has 3 nitrogen and oxygen atoms in total. The molecule has 0 atom stereocenters. The zero-order chi connectivity index (χ0) is 18.9. The van der Waals surface area contributed by atoms with E-state index >= 15 is 0 Å². The zero-order valence-corrected chi connectivity index (χ0v) is 15.1. The molecular formula is C18H15BrF4N2O. The second-order valence-corrected chi connectivity index (χ2v) is 6.86. The van der Waals surface area contributed by atoms with Crippen molar-refractivity contribution >= 4 is 33.2 Å². The number of amides is 1. The number of nitrogens with one attached hydrogen (secondary N) is 1. The summed E-state index contributed by atoms with van der Waals surface area (Å²) in [5.41, 5.74) is -0.0739. The van der Waals surface area contributed by atoms with E-state index in [2.05, 4.69) is 21.2 Å². The molecule has 1 heterocycles. The number of halogens is 5. The van der Waals surface area contributed by atoms with Crippen LogP contribution in [0.2, 0.25) is 0 Å². The molecule has 0 saturated carbocycles. The first-order valence-electron chi connectivity index (χ1n) is 7.98. The van der Waals surface area contributed by atoms with Gasteiger partial charge in [0, 0.05) is 17.6 Å². The molecule has 0 aromatic heterocycles. The van der Waals surface area contributed by atoms with Crippen LogP contribution in [0.25, 0.3) is 0 Å². The Morgan fingerprint density at radius 1 is 1.08 bits per heavy atom. The summed E-state index contributed by atoms with van der Waals surface area (Å²) in [6.45, 7) is 1.43. The molecule has 1 fully saturated rings. The lowest BCUT2D eigenvalue weighted by Crippen LogP contribution is -2.22. The monoisotopic (exact) mass is 430 g/mol. The van der Waals surface area contributed by atoms with Gasteiger partial charge in [-0.2, -0.15) is 13.2 Å².